The number of aliphatic hydroxyl groups excluding tert-OH is 1. The van der Waals surface area contributed by atoms with Crippen molar-refractivity contribution in [1.82, 2.24) is 0 Å². The lowest BCUT2D eigenvalue weighted by atomic mass is 9.99. The van der Waals surface area contributed by atoms with Crippen LogP contribution in [-0.2, 0) is 65.4 Å². The molecule has 0 saturated carbocycles. The number of carbonyl (C=O) groups excluding carboxylic acids is 4. The largest absolute Gasteiger partial charge is 0.472 e. The van der Waals surface area contributed by atoms with E-state index in [1.165, 1.54) is 250 Å². The van der Waals surface area contributed by atoms with Crippen LogP contribution in [0.15, 0.2) is 0 Å². The smallest absolute Gasteiger partial charge is 0.462 e. The molecular weight excluding hydrogens is 1380 g/mol. The van der Waals surface area contributed by atoms with Crippen LogP contribution in [0.4, 0.5) is 0 Å². The standard InChI is InChI=1S/C87H170O17P2/c1-9-80(8)66-58-50-42-34-28-22-17-19-25-31-37-45-54-62-70-87(92)104-83(74-98-85(90)68-60-52-46-38-41-49-57-65-79(6)7)76-102-106(95,96)100-72-81(88)71-99-105(93,94)101-75-82(73-97-84(89)67-59-51-43-35-29-23-18-16-21-27-33-40-48-56-64-78(4)5)103-86(91)69-61-53-44-36-30-24-15-13-11-10-12-14-20-26-32-39-47-55-63-77(2)3/h77-83,88H,9-76H2,1-8H3,(H,93,94)(H,95,96)/t80?,81?,82-,83-/m1/s1. The minimum Gasteiger partial charge on any atom is -0.462 e. The van der Waals surface area contributed by atoms with Gasteiger partial charge >= 0.3 is 39.5 Å². The van der Waals surface area contributed by atoms with Gasteiger partial charge in [-0.25, -0.2) is 9.13 Å². The fraction of sp³-hybridized carbons (Fsp3) is 0.954. The highest BCUT2D eigenvalue weighted by molar-refractivity contribution is 7.47. The molecule has 0 bridgehead atoms. The Hall–Kier alpha value is -1.94. The van der Waals surface area contributed by atoms with Crippen molar-refractivity contribution in [1.29, 1.82) is 0 Å². The molecule has 0 heterocycles. The van der Waals surface area contributed by atoms with Crippen molar-refractivity contribution in [3.63, 3.8) is 0 Å². The predicted molar refractivity (Wildman–Crippen MR) is 437 cm³/mol. The third-order valence-electron chi connectivity index (χ3n) is 20.7. The van der Waals surface area contributed by atoms with Crippen molar-refractivity contribution in [3.8, 4) is 0 Å². The van der Waals surface area contributed by atoms with E-state index in [9.17, 15) is 43.2 Å². The first-order chi connectivity index (χ1) is 51.1. The van der Waals surface area contributed by atoms with E-state index in [0.717, 1.165) is 114 Å². The molecule has 17 nitrogen and oxygen atoms in total. The summed E-state index contributed by atoms with van der Waals surface area (Å²) in [6.07, 6.45) is 65.3. The van der Waals surface area contributed by atoms with E-state index in [1.807, 2.05) is 0 Å². The highest BCUT2D eigenvalue weighted by Crippen LogP contribution is 2.45. The van der Waals surface area contributed by atoms with Crippen LogP contribution in [0.3, 0.4) is 0 Å². The van der Waals surface area contributed by atoms with E-state index < -0.39 is 97.5 Å². The first kappa shape index (κ1) is 104. The van der Waals surface area contributed by atoms with Gasteiger partial charge in [-0.15, -0.1) is 0 Å². The summed E-state index contributed by atoms with van der Waals surface area (Å²) >= 11 is 0. The first-order valence-corrected chi connectivity index (χ1v) is 47.7. The molecule has 0 aromatic carbocycles. The summed E-state index contributed by atoms with van der Waals surface area (Å²) in [6, 6.07) is 0. The minimum atomic E-state index is -4.97. The average Bonchev–Trinajstić information content (AvgIpc) is 0.899. The highest BCUT2D eigenvalue weighted by atomic mass is 31.2. The van der Waals surface area contributed by atoms with Crippen LogP contribution >= 0.6 is 15.6 Å². The number of phosphoric acid groups is 2. The zero-order valence-corrected chi connectivity index (χ0v) is 71.9. The van der Waals surface area contributed by atoms with Gasteiger partial charge in [0.15, 0.2) is 12.2 Å². The van der Waals surface area contributed by atoms with Crippen LogP contribution in [0.1, 0.15) is 453 Å². The van der Waals surface area contributed by atoms with E-state index >= 15 is 0 Å². The van der Waals surface area contributed by atoms with Gasteiger partial charge in [-0.2, -0.15) is 0 Å². The third-order valence-corrected chi connectivity index (χ3v) is 22.6. The van der Waals surface area contributed by atoms with Crippen molar-refractivity contribution in [2.75, 3.05) is 39.6 Å². The molecule has 0 amide bonds. The van der Waals surface area contributed by atoms with E-state index in [0.29, 0.717) is 31.6 Å². The van der Waals surface area contributed by atoms with Gasteiger partial charge in [0.1, 0.15) is 19.3 Å². The number of ether oxygens (including phenoxy) is 4. The highest BCUT2D eigenvalue weighted by Gasteiger charge is 2.31. The second-order valence-electron chi connectivity index (χ2n) is 33.0. The second kappa shape index (κ2) is 75.7. The quantitative estimate of drug-likeness (QED) is 0.0222. The van der Waals surface area contributed by atoms with Gasteiger partial charge in [0, 0.05) is 25.7 Å². The van der Waals surface area contributed by atoms with Crippen molar-refractivity contribution in [2.24, 2.45) is 23.7 Å². The Bertz CT molecular complexity index is 2060. The van der Waals surface area contributed by atoms with E-state index in [1.54, 1.807) is 0 Å². The van der Waals surface area contributed by atoms with E-state index in [4.69, 9.17) is 37.0 Å². The first-order valence-electron chi connectivity index (χ1n) is 44.7. The summed E-state index contributed by atoms with van der Waals surface area (Å²) in [7, 11) is -9.93. The number of carbonyl (C=O) groups is 4. The molecule has 0 aromatic heterocycles. The summed E-state index contributed by atoms with van der Waals surface area (Å²) in [5.74, 6) is 1.06. The number of hydrogen-bond acceptors (Lipinski definition) is 15. The van der Waals surface area contributed by atoms with Crippen LogP contribution in [-0.4, -0.2) is 96.7 Å². The van der Waals surface area contributed by atoms with E-state index in [-0.39, 0.29) is 25.7 Å². The number of phosphoric ester groups is 2. The summed E-state index contributed by atoms with van der Waals surface area (Å²) in [6.45, 7) is 14.3. The Morgan fingerprint density at radius 3 is 0.670 bits per heavy atom. The van der Waals surface area contributed by atoms with Gasteiger partial charge < -0.3 is 33.8 Å². The molecular formula is C87H170O17P2. The zero-order chi connectivity index (χ0) is 78.1. The van der Waals surface area contributed by atoms with Gasteiger partial charge in [0.2, 0.25) is 0 Å². The summed E-state index contributed by atoms with van der Waals surface area (Å²) in [5, 5.41) is 10.7. The Morgan fingerprint density at radius 1 is 0.264 bits per heavy atom. The fourth-order valence-electron chi connectivity index (χ4n) is 13.5. The molecule has 630 valence electrons. The molecule has 0 aromatic rings. The Kier molecular flexibility index (Phi) is 74.3. The number of rotatable bonds is 84. The van der Waals surface area contributed by atoms with Crippen LogP contribution < -0.4 is 0 Å². The molecule has 0 rings (SSSR count). The molecule has 0 fully saturated rings. The fourth-order valence-corrected chi connectivity index (χ4v) is 15.0. The number of aliphatic hydroxyl groups is 1. The molecule has 0 aliphatic carbocycles. The van der Waals surface area contributed by atoms with Crippen LogP contribution in [0.2, 0.25) is 0 Å². The van der Waals surface area contributed by atoms with Crippen molar-refractivity contribution < 1.29 is 80.2 Å². The molecule has 4 unspecified atom stereocenters. The Labute approximate surface area is 651 Å². The molecule has 0 saturated heterocycles. The molecule has 0 aliphatic rings. The van der Waals surface area contributed by atoms with Crippen LogP contribution in [0.25, 0.3) is 0 Å². The molecule has 106 heavy (non-hydrogen) atoms. The lowest BCUT2D eigenvalue weighted by Gasteiger charge is -2.21. The normalized spacial score (nSPS) is 14.2. The lowest BCUT2D eigenvalue weighted by Crippen LogP contribution is -2.30. The Morgan fingerprint density at radius 2 is 0.453 bits per heavy atom. The molecule has 19 heteroatoms. The maximum Gasteiger partial charge on any atom is 0.472 e. The third kappa shape index (κ3) is 78.7. The molecule has 0 aliphatic heterocycles. The monoisotopic (exact) mass is 1550 g/mol. The van der Waals surface area contributed by atoms with Gasteiger partial charge in [0.25, 0.3) is 0 Å². The maximum absolute atomic E-state index is 13.2. The molecule has 0 radical (unpaired) electrons. The average molecular weight is 1550 g/mol. The summed E-state index contributed by atoms with van der Waals surface area (Å²) in [4.78, 5) is 73.2. The van der Waals surface area contributed by atoms with Crippen molar-refractivity contribution in [2.45, 2.75) is 472 Å². The SMILES string of the molecule is CCC(C)CCCCCCCCCCCCCCCCC(=O)O[C@H](COC(=O)CCCCCCCCCC(C)C)COP(=O)(O)OCC(O)COP(=O)(O)OC[C@@H](COC(=O)CCCCCCCCCCCCCCCCC(C)C)OC(=O)CCCCCCCCCCCCCCCCCCCCC(C)C. The number of esters is 4. The predicted octanol–water partition coefficient (Wildman–Crippen LogP) is 26.3. The van der Waals surface area contributed by atoms with Crippen LogP contribution in [0, 0.1) is 23.7 Å². The Balaban J connectivity index is 5.23. The van der Waals surface area contributed by atoms with Crippen LogP contribution in [0.5, 0.6) is 0 Å². The number of hydrogen-bond donors (Lipinski definition) is 3. The van der Waals surface area contributed by atoms with E-state index in [2.05, 4.69) is 55.4 Å². The second-order valence-corrected chi connectivity index (χ2v) is 35.9. The topological polar surface area (TPSA) is 237 Å². The van der Waals surface area contributed by atoms with Crippen molar-refractivity contribution >= 4 is 39.5 Å². The van der Waals surface area contributed by atoms with Crippen molar-refractivity contribution in [3.05, 3.63) is 0 Å². The van der Waals surface area contributed by atoms with Gasteiger partial charge in [-0.05, 0) is 49.4 Å². The summed E-state index contributed by atoms with van der Waals surface area (Å²) in [5.41, 5.74) is 0. The molecule has 6 atom stereocenters. The summed E-state index contributed by atoms with van der Waals surface area (Å²) < 4.78 is 68.9. The molecule has 0 spiro atoms. The van der Waals surface area contributed by atoms with Gasteiger partial charge in [-0.3, -0.25) is 37.3 Å². The lowest BCUT2D eigenvalue weighted by molar-refractivity contribution is -0.161. The van der Waals surface area contributed by atoms with Gasteiger partial charge in [-0.1, -0.05) is 402 Å². The zero-order valence-electron chi connectivity index (χ0n) is 70.1. The minimum absolute atomic E-state index is 0.107. The maximum atomic E-state index is 13.2. The number of unbranched alkanes of at least 4 members (excludes halogenated alkanes) is 49. The van der Waals surface area contributed by atoms with Gasteiger partial charge in [0.05, 0.1) is 26.4 Å². The molecule has 3 N–H and O–H groups in total.